The highest BCUT2D eigenvalue weighted by molar-refractivity contribution is 7.99. The highest BCUT2D eigenvalue weighted by Gasteiger charge is 2.38. The van der Waals surface area contributed by atoms with Crippen molar-refractivity contribution in [2.24, 2.45) is 0 Å². The van der Waals surface area contributed by atoms with Crippen LogP contribution in [0.2, 0.25) is 0 Å². The molecule has 1 aromatic heterocycles. The molecule has 1 aliphatic rings. The van der Waals surface area contributed by atoms with Gasteiger partial charge in [0, 0.05) is 11.9 Å². The lowest BCUT2D eigenvalue weighted by molar-refractivity contribution is -0.0786. The number of aliphatic hydroxyl groups is 3. The minimum Gasteiger partial charge on any atom is -0.475 e. The monoisotopic (exact) mass is 243 g/mol. The Morgan fingerprint density at radius 2 is 2.12 bits per heavy atom. The van der Waals surface area contributed by atoms with E-state index in [0.29, 0.717) is 11.5 Å². The van der Waals surface area contributed by atoms with E-state index in [2.05, 4.69) is 4.98 Å². The number of thioether (sulfide) groups is 1. The molecule has 4 atom stereocenters. The van der Waals surface area contributed by atoms with E-state index in [4.69, 9.17) is 4.74 Å². The molecule has 88 valence electrons. The third-order valence-corrected chi connectivity index (χ3v) is 3.58. The van der Waals surface area contributed by atoms with Gasteiger partial charge in [0.2, 0.25) is 0 Å². The average molecular weight is 243 g/mol. The van der Waals surface area contributed by atoms with Gasteiger partial charge in [0.15, 0.2) is 5.44 Å². The maximum Gasteiger partial charge on any atom is 0.173 e. The summed E-state index contributed by atoms with van der Waals surface area (Å²) < 4.78 is 5.47. The van der Waals surface area contributed by atoms with Crippen LogP contribution in [0.3, 0.4) is 0 Å². The second-order valence-corrected chi connectivity index (χ2v) is 4.69. The Morgan fingerprint density at radius 1 is 1.31 bits per heavy atom. The van der Waals surface area contributed by atoms with Crippen LogP contribution in [0.5, 0.6) is 5.75 Å². The van der Waals surface area contributed by atoms with Crippen LogP contribution in [-0.2, 0) is 0 Å². The second kappa shape index (κ2) is 5.01. The Morgan fingerprint density at radius 3 is 2.81 bits per heavy atom. The van der Waals surface area contributed by atoms with Crippen LogP contribution in [0, 0.1) is 0 Å². The molecule has 6 heteroatoms. The predicted octanol–water partition coefficient (Wildman–Crippen LogP) is -0.384. The van der Waals surface area contributed by atoms with E-state index in [9.17, 15) is 15.3 Å². The van der Waals surface area contributed by atoms with E-state index < -0.39 is 23.7 Å². The van der Waals surface area contributed by atoms with Crippen LogP contribution in [0.1, 0.15) is 0 Å². The number of hydrogen-bond donors (Lipinski definition) is 3. The summed E-state index contributed by atoms with van der Waals surface area (Å²) >= 11 is 1.27. The van der Waals surface area contributed by atoms with E-state index >= 15 is 0 Å². The third kappa shape index (κ3) is 2.46. The number of pyridine rings is 1. The van der Waals surface area contributed by atoms with Gasteiger partial charge in [0.25, 0.3) is 0 Å². The second-order valence-electron chi connectivity index (χ2n) is 3.56. The molecule has 1 aliphatic heterocycles. The number of rotatable bonds is 2. The quantitative estimate of drug-likeness (QED) is 0.656. The van der Waals surface area contributed by atoms with Crippen LogP contribution in [0.15, 0.2) is 24.5 Å². The fraction of sp³-hybridized carbons (Fsp3) is 0.500. The summed E-state index contributed by atoms with van der Waals surface area (Å²) in [6.07, 6.45) is -0.0220. The topological polar surface area (TPSA) is 82.8 Å². The van der Waals surface area contributed by atoms with Crippen molar-refractivity contribution in [2.45, 2.75) is 23.7 Å². The van der Waals surface area contributed by atoms with Gasteiger partial charge in [-0.25, -0.2) is 0 Å². The number of nitrogens with zero attached hydrogens (tertiary/aromatic N) is 1. The molecule has 1 fully saturated rings. The van der Waals surface area contributed by atoms with Crippen LogP contribution >= 0.6 is 11.8 Å². The fourth-order valence-corrected chi connectivity index (χ4v) is 2.56. The number of hydrogen-bond acceptors (Lipinski definition) is 6. The Bertz CT molecular complexity index is 337. The molecule has 1 aromatic rings. The molecular formula is C10H13NO4S. The van der Waals surface area contributed by atoms with Crippen LogP contribution in [-0.4, -0.2) is 49.8 Å². The molecule has 0 bridgehead atoms. The van der Waals surface area contributed by atoms with E-state index in [-0.39, 0.29) is 0 Å². The van der Waals surface area contributed by atoms with Gasteiger partial charge in [0.05, 0.1) is 12.3 Å². The Balaban J connectivity index is 2.00. The fourth-order valence-electron chi connectivity index (χ4n) is 1.43. The first kappa shape index (κ1) is 11.7. The van der Waals surface area contributed by atoms with Crippen molar-refractivity contribution in [1.82, 2.24) is 4.98 Å². The summed E-state index contributed by atoms with van der Waals surface area (Å²) in [4.78, 5) is 3.88. The first-order valence-electron chi connectivity index (χ1n) is 4.91. The van der Waals surface area contributed by atoms with Gasteiger partial charge in [-0.3, -0.25) is 4.98 Å². The summed E-state index contributed by atoms with van der Waals surface area (Å²) in [5.41, 5.74) is -0.581. The highest BCUT2D eigenvalue weighted by Crippen LogP contribution is 2.28. The van der Waals surface area contributed by atoms with Gasteiger partial charge >= 0.3 is 0 Å². The normalized spacial score (nSPS) is 34.7. The van der Waals surface area contributed by atoms with Crippen molar-refractivity contribution in [3.8, 4) is 5.75 Å². The SMILES string of the molecule is O[C@H]1[C@H](O)[C@@H](Oc2cccnc2)SC[C@@H]1O. The first-order chi connectivity index (χ1) is 7.68. The third-order valence-electron chi connectivity index (χ3n) is 2.34. The van der Waals surface area contributed by atoms with Gasteiger partial charge < -0.3 is 20.1 Å². The van der Waals surface area contributed by atoms with Gasteiger partial charge in [-0.1, -0.05) is 0 Å². The molecule has 0 aliphatic carbocycles. The summed E-state index contributed by atoms with van der Waals surface area (Å²) in [5.74, 6) is 0.867. The van der Waals surface area contributed by atoms with Gasteiger partial charge in [0.1, 0.15) is 18.0 Å². The van der Waals surface area contributed by atoms with Crippen molar-refractivity contribution >= 4 is 11.8 Å². The van der Waals surface area contributed by atoms with E-state index in [1.165, 1.54) is 18.0 Å². The Labute approximate surface area is 97.1 Å². The van der Waals surface area contributed by atoms with E-state index in [1.807, 2.05) is 0 Å². The molecule has 0 unspecified atom stereocenters. The molecule has 0 aromatic carbocycles. The van der Waals surface area contributed by atoms with Crippen LogP contribution in [0.25, 0.3) is 0 Å². The first-order valence-corrected chi connectivity index (χ1v) is 5.96. The molecule has 3 N–H and O–H groups in total. The molecular weight excluding hydrogens is 230 g/mol. The van der Waals surface area contributed by atoms with Crippen LogP contribution < -0.4 is 4.74 Å². The molecule has 16 heavy (non-hydrogen) atoms. The van der Waals surface area contributed by atoms with Crippen molar-refractivity contribution in [3.63, 3.8) is 0 Å². The standard InChI is InChI=1S/C10H13NO4S/c12-7-5-16-10(9(14)8(7)13)15-6-2-1-3-11-4-6/h1-4,7-10,12-14H,5H2/t7-,8+,9-,10-/m0/s1. The van der Waals surface area contributed by atoms with Gasteiger partial charge in [-0.2, -0.15) is 0 Å². The zero-order valence-electron chi connectivity index (χ0n) is 8.43. The predicted molar refractivity (Wildman–Crippen MR) is 59.1 cm³/mol. The zero-order valence-corrected chi connectivity index (χ0v) is 9.25. The summed E-state index contributed by atoms with van der Waals surface area (Å²) in [6, 6.07) is 3.44. The maximum atomic E-state index is 9.69. The van der Waals surface area contributed by atoms with E-state index in [1.54, 1.807) is 18.3 Å². The molecule has 2 rings (SSSR count). The van der Waals surface area contributed by atoms with Gasteiger partial charge in [-0.15, -0.1) is 11.8 Å². The Hall–Kier alpha value is -0.820. The lowest BCUT2D eigenvalue weighted by Crippen LogP contribution is -2.50. The van der Waals surface area contributed by atoms with Crippen LogP contribution in [0.4, 0.5) is 0 Å². The minimum absolute atomic E-state index is 0.336. The Kier molecular flexibility index (Phi) is 3.65. The molecule has 0 amide bonds. The van der Waals surface area contributed by atoms with E-state index in [0.717, 1.165) is 0 Å². The molecule has 0 radical (unpaired) electrons. The van der Waals surface area contributed by atoms with Crippen molar-refractivity contribution in [2.75, 3.05) is 5.75 Å². The summed E-state index contributed by atoms with van der Waals surface area (Å²) in [7, 11) is 0. The summed E-state index contributed by atoms with van der Waals surface area (Å²) in [5, 5.41) is 28.5. The molecule has 0 spiro atoms. The van der Waals surface area contributed by atoms with Crippen molar-refractivity contribution in [1.29, 1.82) is 0 Å². The maximum absolute atomic E-state index is 9.69. The molecule has 2 heterocycles. The van der Waals surface area contributed by atoms with Gasteiger partial charge in [-0.05, 0) is 12.1 Å². The van der Waals surface area contributed by atoms with Crippen molar-refractivity contribution in [3.05, 3.63) is 24.5 Å². The molecule has 0 saturated carbocycles. The number of aliphatic hydroxyl groups excluding tert-OH is 3. The molecule has 1 saturated heterocycles. The number of ether oxygens (including phenoxy) is 1. The highest BCUT2D eigenvalue weighted by atomic mass is 32.2. The smallest absolute Gasteiger partial charge is 0.173 e. The largest absolute Gasteiger partial charge is 0.475 e. The number of aromatic nitrogens is 1. The van der Waals surface area contributed by atoms with Crippen molar-refractivity contribution < 1.29 is 20.1 Å². The minimum atomic E-state index is -1.16. The summed E-state index contributed by atoms with van der Waals surface area (Å²) in [6.45, 7) is 0. The lowest BCUT2D eigenvalue weighted by Gasteiger charge is -2.34. The lowest BCUT2D eigenvalue weighted by atomic mass is 10.1. The zero-order chi connectivity index (χ0) is 11.5. The average Bonchev–Trinajstić information content (AvgIpc) is 2.31. The molecule has 5 nitrogen and oxygen atoms in total.